The van der Waals surface area contributed by atoms with E-state index in [-0.39, 0.29) is 5.57 Å². The molecule has 2 N–H and O–H groups in total. The van der Waals surface area contributed by atoms with Gasteiger partial charge in [-0.25, -0.2) is 4.79 Å². The maximum Gasteiger partial charge on any atom is 0.332 e. The SMILES string of the molecule is C=C(CN(C)CCCNC)C(=O)O. The zero-order valence-corrected chi connectivity index (χ0v) is 8.34. The van der Waals surface area contributed by atoms with Crippen molar-refractivity contribution in [3.8, 4) is 0 Å². The van der Waals surface area contributed by atoms with Gasteiger partial charge in [-0.3, -0.25) is 0 Å². The number of hydrogen-bond donors (Lipinski definition) is 2. The maximum absolute atomic E-state index is 10.4. The van der Waals surface area contributed by atoms with Crippen molar-refractivity contribution in [1.29, 1.82) is 0 Å². The van der Waals surface area contributed by atoms with Gasteiger partial charge in [-0.05, 0) is 33.6 Å². The van der Waals surface area contributed by atoms with Crippen LogP contribution in [0.25, 0.3) is 0 Å². The van der Waals surface area contributed by atoms with Gasteiger partial charge in [-0.1, -0.05) is 6.58 Å². The number of nitrogens with zero attached hydrogens (tertiary/aromatic N) is 1. The van der Waals surface area contributed by atoms with Crippen molar-refractivity contribution in [2.75, 3.05) is 33.7 Å². The number of aliphatic carboxylic acids is 1. The van der Waals surface area contributed by atoms with Gasteiger partial charge < -0.3 is 15.3 Å². The number of nitrogens with one attached hydrogen (secondary N) is 1. The Balaban J connectivity index is 3.55. The van der Waals surface area contributed by atoms with Crippen LogP contribution in [0.3, 0.4) is 0 Å². The van der Waals surface area contributed by atoms with Gasteiger partial charge in [0.25, 0.3) is 0 Å². The monoisotopic (exact) mass is 186 g/mol. The Hall–Kier alpha value is -0.870. The predicted octanol–water partition coefficient (Wildman–Crippen LogP) is 0.169. The van der Waals surface area contributed by atoms with Crippen molar-refractivity contribution in [1.82, 2.24) is 10.2 Å². The molecule has 76 valence electrons. The van der Waals surface area contributed by atoms with E-state index in [2.05, 4.69) is 11.9 Å². The van der Waals surface area contributed by atoms with Gasteiger partial charge >= 0.3 is 5.97 Å². The van der Waals surface area contributed by atoms with E-state index in [1.165, 1.54) is 0 Å². The normalized spacial score (nSPS) is 10.4. The second-order valence-electron chi connectivity index (χ2n) is 3.10. The molecule has 0 saturated heterocycles. The Bertz CT molecular complexity index is 180. The van der Waals surface area contributed by atoms with Crippen molar-refractivity contribution < 1.29 is 9.90 Å². The van der Waals surface area contributed by atoms with E-state index in [9.17, 15) is 4.79 Å². The van der Waals surface area contributed by atoms with Crippen LogP contribution in [0.1, 0.15) is 6.42 Å². The lowest BCUT2D eigenvalue weighted by Gasteiger charge is -2.15. The highest BCUT2D eigenvalue weighted by molar-refractivity contribution is 5.86. The average molecular weight is 186 g/mol. The second-order valence-corrected chi connectivity index (χ2v) is 3.10. The smallest absolute Gasteiger partial charge is 0.332 e. The molecule has 0 heterocycles. The highest BCUT2D eigenvalue weighted by Gasteiger charge is 2.06. The van der Waals surface area contributed by atoms with Crippen LogP contribution in [-0.4, -0.2) is 49.7 Å². The molecule has 0 atom stereocenters. The van der Waals surface area contributed by atoms with Gasteiger partial charge in [0.05, 0.1) is 0 Å². The predicted molar refractivity (Wildman–Crippen MR) is 52.8 cm³/mol. The quantitative estimate of drug-likeness (QED) is 0.439. The molecule has 0 aromatic carbocycles. The standard InChI is InChI=1S/C9H18N2O2/c1-8(9(12)13)7-11(3)6-4-5-10-2/h10H,1,4-7H2,2-3H3,(H,12,13). The molecular formula is C9H18N2O2. The van der Waals surface area contributed by atoms with Gasteiger partial charge in [0.15, 0.2) is 0 Å². The number of carboxylic acid groups (broad SMARTS) is 1. The van der Waals surface area contributed by atoms with Crippen molar-refractivity contribution in [3.05, 3.63) is 12.2 Å². The fourth-order valence-corrected chi connectivity index (χ4v) is 0.998. The van der Waals surface area contributed by atoms with E-state index in [0.717, 1.165) is 19.5 Å². The molecule has 4 heteroatoms. The zero-order valence-electron chi connectivity index (χ0n) is 8.34. The van der Waals surface area contributed by atoms with Crippen LogP contribution < -0.4 is 5.32 Å². The summed E-state index contributed by atoms with van der Waals surface area (Å²) in [6.45, 7) is 5.73. The molecule has 4 nitrogen and oxygen atoms in total. The fraction of sp³-hybridized carbons (Fsp3) is 0.667. The van der Waals surface area contributed by atoms with Gasteiger partial charge in [0.1, 0.15) is 0 Å². The summed E-state index contributed by atoms with van der Waals surface area (Å²) in [5.74, 6) is -0.916. The molecule has 0 rings (SSSR count). The lowest BCUT2D eigenvalue weighted by Crippen LogP contribution is -2.26. The first-order chi connectivity index (χ1) is 6.07. The number of likely N-dealkylation sites (N-methyl/N-ethyl adjacent to an activating group) is 1. The highest BCUT2D eigenvalue weighted by atomic mass is 16.4. The van der Waals surface area contributed by atoms with E-state index in [4.69, 9.17) is 5.11 Å². The van der Waals surface area contributed by atoms with Crippen molar-refractivity contribution in [2.45, 2.75) is 6.42 Å². The minimum absolute atomic E-state index is 0.243. The minimum atomic E-state index is -0.916. The molecule has 0 radical (unpaired) electrons. The summed E-state index contributed by atoms with van der Waals surface area (Å²) in [5, 5.41) is 11.6. The van der Waals surface area contributed by atoms with Crippen LogP contribution in [0.5, 0.6) is 0 Å². The molecule has 0 bridgehead atoms. The minimum Gasteiger partial charge on any atom is -0.478 e. The summed E-state index contributed by atoms with van der Waals surface area (Å²) >= 11 is 0. The summed E-state index contributed by atoms with van der Waals surface area (Å²) < 4.78 is 0. The Kier molecular flexibility index (Phi) is 6.18. The van der Waals surface area contributed by atoms with Crippen LogP contribution in [0, 0.1) is 0 Å². The van der Waals surface area contributed by atoms with Crippen molar-refractivity contribution in [3.63, 3.8) is 0 Å². The molecule has 0 aliphatic rings. The van der Waals surface area contributed by atoms with Crippen molar-refractivity contribution in [2.24, 2.45) is 0 Å². The lowest BCUT2D eigenvalue weighted by molar-refractivity contribution is -0.132. The summed E-state index contributed by atoms with van der Waals surface area (Å²) in [4.78, 5) is 12.4. The number of carboxylic acids is 1. The third-order valence-electron chi connectivity index (χ3n) is 1.73. The summed E-state index contributed by atoms with van der Waals surface area (Å²) in [7, 11) is 3.79. The highest BCUT2D eigenvalue weighted by Crippen LogP contribution is 1.95. The lowest BCUT2D eigenvalue weighted by atomic mass is 10.3. The van der Waals surface area contributed by atoms with Gasteiger partial charge in [0, 0.05) is 12.1 Å². The first-order valence-electron chi connectivity index (χ1n) is 4.32. The first-order valence-corrected chi connectivity index (χ1v) is 4.32. The number of hydrogen-bond acceptors (Lipinski definition) is 3. The average Bonchev–Trinajstić information content (AvgIpc) is 2.04. The zero-order chi connectivity index (χ0) is 10.3. The van der Waals surface area contributed by atoms with Crippen LogP contribution in [-0.2, 0) is 4.79 Å². The molecule has 0 aromatic heterocycles. The molecule has 0 spiro atoms. The third-order valence-corrected chi connectivity index (χ3v) is 1.73. The Morgan fingerprint density at radius 3 is 2.69 bits per heavy atom. The largest absolute Gasteiger partial charge is 0.478 e. The number of rotatable bonds is 7. The molecule has 0 aliphatic carbocycles. The summed E-state index contributed by atoms with van der Waals surface area (Å²) in [6, 6.07) is 0. The van der Waals surface area contributed by atoms with Gasteiger partial charge in [-0.2, -0.15) is 0 Å². The van der Waals surface area contributed by atoms with Gasteiger partial charge in [-0.15, -0.1) is 0 Å². The van der Waals surface area contributed by atoms with E-state index < -0.39 is 5.97 Å². The Morgan fingerprint density at radius 1 is 1.62 bits per heavy atom. The molecular weight excluding hydrogens is 168 g/mol. The Morgan fingerprint density at radius 2 is 2.23 bits per heavy atom. The molecule has 0 amide bonds. The van der Waals surface area contributed by atoms with E-state index >= 15 is 0 Å². The maximum atomic E-state index is 10.4. The van der Waals surface area contributed by atoms with Crippen LogP contribution in [0.15, 0.2) is 12.2 Å². The molecule has 13 heavy (non-hydrogen) atoms. The van der Waals surface area contributed by atoms with Crippen LogP contribution >= 0.6 is 0 Å². The topological polar surface area (TPSA) is 52.6 Å². The van der Waals surface area contributed by atoms with E-state index in [0.29, 0.717) is 6.54 Å². The van der Waals surface area contributed by atoms with Crippen LogP contribution in [0.2, 0.25) is 0 Å². The fourth-order valence-electron chi connectivity index (χ4n) is 0.998. The number of carbonyl (C=O) groups is 1. The van der Waals surface area contributed by atoms with Gasteiger partial charge in [0.2, 0.25) is 0 Å². The Labute approximate surface area is 79.2 Å². The van der Waals surface area contributed by atoms with E-state index in [1.54, 1.807) is 0 Å². The second kappa shape index (κ2) is 6.62. The van der Waals surface area contributed by atoms with Crippen molar-refractivity contribution >= 4 is 5.97 Å². The van der Waals surface area contributed by atoms with E-state index in [1.807, 2.05) is 19.0 Å². The molecule has 0 aromatic rings. The molecule has 0 fully saturated rings. The molecule has 0 saturated carbocycles. The molecule has 0 aliphatic heterocycles. The first kappa shape index (κ1) is 12.1. The van der Waals surface area contributed by atoms with Crippen LogP contribution in [0.4, 0.5) is 0 Å². The summed E-state index contributed by atoms with van der Waals surface area (Å²) in [5.41, 5.74) is 0.243. The summed E-state index contributed by atoms with van der Waals surface area (Å²) in [6.07, 6.45) is 1.01. The molecule has 0 unspecified atom stereocenters. The third kappa shape index (κ3) is 6.31.